The monoisotopic (exact) mass is 311 g/mol. The molecule has 0 aromatic heterocycles. The number of carbonyl (C=O) groups is 1. The number of carbonyl (C=O) groups excluding carboxylic acids is 1. The van der Waals surface area contributed by atoms with Gasteiger partial charge in [0.25, 0.3) is 5.69 Å². The summed E-state index contributed by atoms with van der Waals surface area (Å²) in [6, 6.07) is 5.02. The van der Waals surface area contributed by atoms with Gasteiger partial charge in [-0.1, -0.05) is 19.3 Å². The summed E-state index contributed by atoms with van der Waals surface area (Å²) < 4.78 is 24.4. The first-order valence-electron chi connectivity index (χ1n) is 6.89. The fraction of sp³-hybridized carbons (Fsp3) is 0.500. The summed E-state index contributed by atoms with van der Waals surface area (Å²) >= 11 is 0. The molecule has 6 nitrogen and oxygen atoms in total. The van der Waals surface area contributed by atoms with Crippen molar-refractivity contribution in [3.63, 3.8) is 0 Å². The van der Waals surface area contributed by atoms with Crippen LogP contribution in [0.15, 0.2) is 24.3 Å². The molecule has 1 aliphatic rings. The molecule has 0 atom stereocenters. The molecule has 0 unspecified atom stereocenters. The summed E-state index contributed by atoms with van der Waals surface area (Å²) in [5.74, 6) is -1.02. The molecular formula is C14H17NO5S. The highest BCUT2D eigenvalue weighted by molar-refractivity contribution is 7.92. The van der Waals surface area contributed by atoms with E-state index in [0.29, 0.717) is 12.8 Å². The summed E-state index contributed by atoms with van der Waals surface area (Å²) in [6.45, 7) is 0. The highest BCUT2D eigenvalue weighted by Crippen LogP contribution is 2.25. The molecule has 1 saturated carbocycles. The summed E-state index contributed by atoms with van der Waals surface area (Å²) in [4.78, 5) is 22.0. The van der Waals surface area contributed by atoms with Crippen LogP contribution in [-0.4, -0.2) is 30.1 Å². The zero-order valence-corrected chi connectivity index (χ0v) is 12.3. The minimum Gasteiger partial charge on any atom is -0.293 e. The van der Waals surface area contributed by atoms with E-state index in [1.54, 1.807) is 0 Å². The molecule has 7 heteroatoms. The maximum absolute atomic E-state index is 12.2. The summed E-state index contributed by atoms with van der Waals surface area (Å²) in [7, 11) is -3.44. The minimum atomic E-state index is -3.44. The van der Waals surface area contributed by atoms with E-state index in [9.17, 15) is 23.3 Å². The van der Waals surface area contributed by atoms with Crippen LogP contribution in [0.5, 0.6) is 0 Å². The average molecular weight is 311 g/mol. The van der Waals surface area contributed by atoms with Crippen molar-refractivity contribution in [2.75, 3.05) is 5.75 Å². The van der Waals surface area contributed by atoms with Crippen molar-refractivity contribution in [1.29, 1.82) is 0 Å². The molecule has 0 heterocycles. The zero-order chi connectivity index (χ0) is 15.5. The maximum Gasteiger partial charge on any atom is 0.269 e. The van der Waals surface area contributed by atoms with E-state index in [0.717, 1.165) is 19.3 Å². The first-order valence-corrected chi connectivity index (χ1v) is 8.61. The predicted molar refractivity (Wildman–Crippen MR) is 78.1 cm³/mol. The molecule has 0 aliphatic heterocycles. The Labute approximate surface area is 123 Å². The zero-order valence-electron chi connectivity index (χ0n) is 11.5. The molecule has 0 saturated heterocycles. The van der Waals surface area contributed by atoms with E-state index < -0.39 is 31.5 Å². The molecule has 1 aliphatic carbocycles. The lowest BCUT2D eigenvalue weighted by molar-refractivity contribution is -0.384. The third-order valence-corrected chi connectivity index (χ3v) is 5.94. The van der Waals surface area contributed by atoms with Crippen LogP contribution in [0, 0.1) is 10.1 Å². The van der Waals surface area contributed by atoms with Crippen LogP contribution in [0.25, 0.3) is 0 Å². The van der Waals surface area contributed by atoms with E-state index in [-0.39, 0.29) is 11.3 Å². The second-order valence-corrected chi connectivity index (χ2v) is 7.58. The number of non-ortho nitro benzene ring substituents is 1. The van der Waals surface area contributed by atoms with Gasteiger partial charge in [-0.05, 0) is 25.0 Å². The van der Waals surface area contributed by atoms with Gasteiger partial charge < -0.3 is 0 Å². The molecule has 1 fully saturated rings. The standard InChI is InChI=1S/C14H17NO5S/c16-14(11-6-8-12(9-7-11)15(17)18)10-21(19,20)13-4-2-1-3-5-13/h6-9,13H,1-5,10H2. The molecule has 21 heavy (non-hydrogen) atoms. The van der Waals surface area contributed by atoms with Crippen molar-refractivity contribution < 1.29 is 18.1 Å². The lowest BCUT2D eigenvalue weighted by atomic mass is 10.0. The molecule has 2 rings (SSSR count). The van der Waals surface area contributed by atoms with Gasteiger partial charge in [0.05, 0.1) is 10.2 Å². The Balaban J connectivity index is 2.07. The van der Waals surface area contributed by atoms with Gasteiger partial charge in [-0.2, -0.15) is 0 Å². The quantitative estimate of drug-likeness (QED) is 0.473. The second kappa shape index (κ2) is 6.34. The van der Waals surface area contributed by atoms with Crippen LogP contribution >= 0.6 is 0 Å². The third kappa shape index (κ3) is 3.87. The van der Waals surface area contributed by atoms with Gasteiger partial charge in [0.1, 0.15) is 5.75 Å². The molecule has 114 valence electrons. The number of rotatable bonds is 5. The Morgan fingerprint density at radius 1 is 1.14 bits per heavy atom. The van der Waals surface area contributed by atoms with Crippen LogP contribution in [0.2, 0.25) is 0 Å². The fourth-order valence-electron chi connectivity index (χ4n) is 2.58. The highest BCUT2D eigenvalue weighted by atomic mass is 32.2. The van der Waals surface area contributed by atoms with E-state index >= 15 is 0 Å². The number of hydrogen-bond acceptors (Lipinski definition) is 5. The Kier molecular flexibility index (Phi) is 4.72. The van der Waals surface area contributed by atoms with E-state index in [1.165, 1.54) is 24.3 Å². The number of sulfone groups is 1. The summed E-state index contributed by atoms with van der Waals surface area (Å²) in [5, 5.41) is 10.1. The Morgan fingerprint density at radius 3 is 2.24 bits per heavy atom. The van der Waals surface area contributed by atoms with E-state index in [4.69, 9.17) is 0 Å². The molecule has 0 spiro atoms. The molecular weight excluding hydrogens is 294 g/mol. The molecule has 0 N–H and O–H groups in total. The Bertz CT molecular complexity index is 630. The number of nitrogens with zero attached hydrogens (tertiary/aromatic N) is 1. The first-order chi connectivity index (χ1) is 9.90. The van der Waals surface area contributed by atoms with Gasteiger partial charge in [-0.15, -0.1) is 0 Å². The fourth-order valence-corrected chi connectivity index (χ4v) is 4.40. The van der Waals surface area contributed by atoms with Gasteiger partial charge in [0, 0.05) is 17.7 Å². The van der Waals surface area contributed by atoms with Gasteiger partial charge >= 0.3 is 0 Å². The molecule has 0 amide bonds. The smallest absolute Gasteiger partial charge is 0.269 e. The number of hydrogen-bond donors (Lipinski definition) is 0. The summed E-state index contributed by atoms with van der Waals surface area (Å²) in [6.07, 6.45) is 4.05. The van der Waals surface area contributed by atoms with Crippen molar-refractivity contribution in [3.05, 3.63) is 39.9 Å². The SMILES string of the molecule is O=C(CS(=O)(=O)C1CCCCC1)c1ccc([N+](=O)[O-])cc1. The molecule has 0 bridgehead atoms. The van der Waals surface area contributed by atoms with E-state index in [1.807, 2.05) is 0 Å². The molecule has 1 aromatic carbocycles. The molecule has 1 aromatic rings. The average Bonchev–Trinajstić information content (AvgIpc) is 2.48. The van der Waals surface area contributed by atoms with Crippen LogP contribution in [-0.2, 0) is 9.84 Å². The largest absolute Gasteiger partial charge is 0.293 e. The number of benzene rings is 1. The normalized spacial score (nSPS) is 16.6. The Hall–Kier alpha value is -1.76. The number of nitro benzene ring substituents is 1. The van der Waals surface area contributed by atoms with Crippen molar-refractivity contribution in [2.45, 2.75) is 37.4 Å². The minimum absolute atomic E-state index is 0.123. The van der Waals surface area contributed by atoms with Crippen molar-refractivity contribution in [2.24, 2.45) is 0 Å². The van der Waals surface area contributed by atoms with Crippen LogP contribution in [0.3, 0.4) is 0 Å². The topological polar surface area (TPSA) is 94.3 Å². The van der Waals surface area contributed by atoms with Gasteiger partial charge in [-0.3, -0.25) is 14.9 Å². The maximum atomic E-state index is 12.2. The van der Waals surface area contributed by atoms with Crippen LogP contribution in [0.1, 0.15) is 42.5 Å². The number of nitro groups is 1. The van der Waals surface area contributed by atoms with E-state index in [2.05, 4.69) is 0 Å². The van der Waals surface area contributed by atoms with Gasteiger partial charge in [-0.25, -0.2) is 8.42 Å². The summed E-state index contributed by atoms with van der Waals surface area (Å²) in [5.41, 5.74) is 0.0710. The second-order valence-electron chi connectivity index (χ2n) is 5.29. The Morgan fingerprint density at radius 2 is 1.71 bits per heavy atom. The van der Waals surface area contributed by atoms with Crippen molar-refractivity contribution in [3.8, 4) is 0 Å². The lowest BCUT2D eigenvalue weighted by Gasteiger charge is -2.21. The van der Waals surface area contributed by atoms with Crippen LogP contribution < -0.4 is 0 Å². The van der Waals surface area contributed by atoms with Crippen molar-refractivity contribution >= 4 is 21.3 Å². The van der Waals surface area contributed by atoms with Crippen LogP contribution in [0.4, 0.5) is 5.69 Å². The first kappa shape index (κ1) is 15.6. The van der Waals surface area contributed by atoms with Crippen molar-refractivity contribution in [1.82, 2.24) is 0 Å². The lowest BCUT2D eigenvalue weighted by Crippen LogP contribution is -2.29. The molecule has 0 radical (unpaired) electrons. The number of ketones is 1. The predicted octanol–water partition coefficient (Wildman–Crippen LogP) is 2.53. The highest BCUT2D eigenvalue weighted by Gasteiger charge is 2.29. The van der Waals surface area contributed by atoms with Gasteiger partial charge in [0.2, 0.25) is 0 Å². The van der Waals surface area contributed by atoms with Gasteiger partial charge in [0.15, 0.2) is 15.6 Å². The number of Topliss-reactive ketones (excluding diaryl/α,β-unsaturated/α-hetero) is 1. The third-order valence-electron chi connectivity index (χ3n) is 3.79.